The normalized spacial score (nSPS) is 26.4. The van der Waals surface area contributed by atoms with Gasteiger partial charge in [-0.25, -0.2) is 5.48 Å². The van der Waals surface area contributed by atoms with E-state index < -0.39 is 23.6 Å². The van der Waals surface area contributed by atoms with Crippen molar-refractivity contribution in [3.8, 4) is 0 Å². The number of nitrogens with one attached hydrogen (secondary N) is 2. The fourth-order valence-corrected chi connectivity index (χ4v) is 5.25. The van der Waals surface area contributed by atoms with E-state index in [1.165, 1.54) is 12.8 Å². The molecule has 160 valence electrons. The van der Waals surface area contributed by atoms with Crippen molar-refractivity contribution in [3.63, 3.8) is 0 Å². The molecule has 0 bridgehead atoms. The van der Waals surface area contributed by atoms with Gasteiger partial charge in [0.05, 0.1) is 6.04 Å². The first-order valence-electron chi connectivity index (χ1n) is 10.6. The number of benzene rings is 1. The summed E-state index contributed by atoms with van der Waals surface area (Å²) in [7, 11) is 1.60. The van der Waals surface area contributed by atoms with Crippen LogP contribution in [-0.2, 0) is 16.0 Å². The van der Waals surface area contributed by atoms with Crippen molar-refractivity contribution in [3.05, 3.63) is 35.9 Å². The van der Waals surface area contributed by atoms with Gasteiger partial charge in [-0.3, -0.25) is 19.7 Å². The van der Waals surface area contributed by atoms with E-state index in [0.29, 0.717) is 25.3 Å². The van der Waals surface area contributed by atoms with Crippen molar-refractivity contribution in [1.82, 2.24) is 15.7 Å². The summed E-state index contributed by atoms with van der Waals surface area (Å²) in [5.74, 6) is -0.150. The number of aliphatic hydroxyl groups is 1. The SMILES string of the molecule is CNC(=O)[C@H](Cc1ccccc1)N1CC[C@](CC(=O)NO)(CC2CCCC2)C1O. The third-order valence-corrected chi connectivity index (χ3v) is 6.76. The van der Waals surface area contributed by atoms with E-state index in [1.807, 2.05) is 35.2 Å². The van der Waals surface area contributed by atoms with Gasteiger partial charge in [-0.1, -0.05) is 56.0 Å². The largest absolute Gasteiger partial charge is 0.378 e. The predicted octanol–water partition coefficient (Wildman–Crippen LogP) is 1.83. The van der Waals surface area contributed by atoms with Crippen LogP contribution in [0.5, 0.6) is 0 Å². The average Bonchev–Trinajstić information content (AvgIpc) is 3.35. The fraction of sp³-hybridized carbons (Fsp3) is 0.636. The van der Waals surface area contributed by atoms with Crippen molar-refractivity contribution in [2.24, 2.45) is 11.3 Å². The van der Waals surface area contributed by atoms with E-state index in [9.17, 15) is 14.7 Å². The summed E-state index contributed by atoms with van der Waals surface area (Å²) in [6.45, 7) is 0.539. The molecule has 1 unspecified atom stereocenters. The van der Waals surface area contributed by atoms with Crippen LogP contribution in [0, 0.1) is 11.3 Å². The summed E-state index contributed by atoms with van der Waals surface area (Å²) in [5.41, 5.74) is 2.11. The monoisotopic (exact) mass is 403 g/mol. The van der Waals surface area contributed by atoms with E-state index >= 15 is 0 Å². The Morgan fingerprint density at radius 1 is 1.24 bits per heavy atom. The molecule has 0 radical (unpaired) electrons. The molecule has 0 spiro atoms. The second-order valence-corrected chi connectivity index (χ2v) is 8.61. The molecule has 3 atom stereocenters. The number of rotatable bonds is 8. The molecule has 1 aromatic rings. The van der Waals surface area contributed by atoms with Crippen LogP contribution >= 0.6 is 0 Å². The fourth-order valence-electron chi connectivity index (χ4n) is 5.25. The molecule has 1 saturated heterocycles. The lowest BCUT2D eigenvalue weighted by Crippen LogP contribution is -2.52. The highest BCUT2D eigenvalue weighted by Gasteiger charge is 2.51. The van der Waals surface area contributed by atoms with Crippen LogP contribution in [0.15, 0.2) is 30.3 Å². The molecule has 4 N–H and O–H groups in total. The third-order valence-electron chi connectivity index (χ3n) is 6.76. The number of nitrogens with zero attached hydrogens (tertiary/aromatic N) is 1. The zero-order chi connectivity index (χ0) is 20.9. The van der Waals surface area contributed by atoms with Crippen LogP contribution < -0.4 is 10.8 Å². The van der Waals surface area contributed by atoms with Gasteiger partial charge < -0.3 is 10.4 Å². The molecule has 0 aromatic heterocycles. The molecule has 29 heavy (non-hydrogen) atoms. The van der Waals surface area contributed by atoms with Gasteiger partial charge in [-0.15, -0.1) is 0 Å². The highest BCUT2D eigenvalue weighted by Crippen LogP contribution is 2.48. The third kappa shape index (κ3) is 4.97. The number of hydrogen-bond donors (Lipinski definition) is 4. The zero-order valence-electron chi connectivity index (χ0n) is 17.1. The Hall–Kier alpha value is -1.96. The van der Waals surface area contributed by atoms with E-state index in [2.05, 4.69) is 5.32 Å². The number of amides is 2. The second-order valence-electron chi connectivity index (χ2n) is 8.61. The smallest absolute Gasteiger partial charge is 0.244 e. The lowest BCUT2D eigenvalue weighted by molar-refractivity contribution is -0.140. The number of aliphatic hydroxyl groups excluding tert-OH is 1. The van der Waals surface area contributed by atoms with Crippen molar-refractivity contribution in [2.45, 2.75) is 63.6 Å². The van der Waals surface area contributed by atoms with Crippen LogP contribution in [0.2, 0.25) is 0 Å². The molecule has 2 aliphatic rings. The number of hydroxylamine groups is 1. The van der Waals surface area contributed by atoms with Gasteiger partial charge in [0.2, 0.25) is 11.8 Å². The Morgan fingerprint density at radius 3 is 2.55 bits per heavy atom. The molecule has 1 aromatic carbocycles. The molecule has 1 saturated carbocycles. The molecule has 7 heteroatoms. The Labute approximate surface area is 172 Å². The first kappa shape index (κ1) is 21.7. The average molecular weight is 404 g/mol. The van der Waals surface area contributed by atoms with Crippen molar-refractivity contribution < 1.29 is 19.9 Å². The number of carbonyl (C=O) groups is 2. The van der Waals surface area contributed by atoms with Gasteiger partial charge in [-0.05, 0) is 30.7 Å². The summed E-state index contributed by atoms with van der Waals surface area (Å²) < 4.78 is 0. The van der Waals surface area contributed by atoms with Gasteiger partial charge >= 0.3 is 0 Å². The zero-order valence-corrected chi connectivity index (χ0v) is 17.1. The van der Waals surface area contributed by atoms with Gasteiger partial charge in [0, 0.05) is 25.4 Å². The Morgan fingerprint density at radius 2 is 1.93 bits per heavy atom. The van der Waals surface area contributed by atoms with Crippen LogP contribution in [0.3, 0.4) is 0 Å². The second kappa shape index (κ2) is 9.69. The highest BCUT2D eigenvalue weighted by molar-refractivity contribution is 5.82. The lowest BCUT2D eigenvalue weighted by atomic mass is 9.73. The molecule has 1 heterocycles. The molecule has 1 aliphatic heterocycles. The van der Waals surface area contributed by atoms with E-state index in [-0.39, 0.29) is 12.3 Å². The van der Waals surface area contributed by atoms with Crippen molar-refractivity contribution >= 4 is 11.8 Å². The van der Waals surface area contributed by atoms with Gasteiger partial charge in [0.15, 0.2) is 0 Å². The molecule has 2 fully saturated rings. The first-order chi connectivity index (χ1) is 14.0. The Balaban J connectivity index is 1.83. The van der Waals surface area contributed by atoms with E-state index in [4.69, 9.17) is 5.21 Å². The molecule has 2 amide bonds. The lowest BCUT2D eigenvalue weighted by Gasteiger charge is -2.38. The van der Waals surface area contributed by atoms with Gasteiger partial charge in [0.25, 0.3) is 0 Å². The molecule has 3 rings (SSSR count). The molecule has 1 aliphatic carbocycles. The Kier molecular flexibility index (Phi) is 7.27. The maximum absolute atomic E-state index is 12.7. The molecular formula is C22H33N3O4. The summed E-state index contributed by atoms with van der Waals surface area (Å²) in [5, 5.41) is 23.2. The summed E-state index contributed by atoms with van der Waals surface area (Å²) >= 11 is 0. The minimum absolute atomic E-state index is 0.0590. The maximum Gasteiger partial charge on any atom is 0.244 e. The summed E-state index contributed by atoms with van der Waals surface area (Å²) in [6.07, 6.45) is 5.59. The van der Waals surface area contributed by atoms with Gasteiger partial charge in [0.1, 0.15) is 6.23 Å². The molecular weight excluding hydrogens is 370 g/mol. The van der Waals surface area contributed by atoms with Crippen LogP contribution in [0.1, 0.15) is 50.5 Å². The predicted molar refractivity (Wildman–Crippen MR) is 109 cm³/mol. The standard InChI is InChI=1S/C22H33N3O4/c1-23-20(27)18(13-16-7-3-2-4-8-16)25-12-11-22(21(25)28,15-19(26)24-29)14-17-9-5-6-10-17/h2-4,7-8,17-18,21,28-29H,5-6,9-15H2,1H3,(H,23,27)(H,24,26)/t18-,21?,22+/m0/s1. The maximum atomic E-state index is 12.7. The molecule has 7 nitrogen and oxygen atoms in total. The van der Waals surface area contributed by atoms with E-state index in [0.717, 1.165) is 24.8 Å². The summed E-state index contributed by atoms with van der Waals surface area (Å²) in [4.78, 5) is 26.6. The van der Waals surface area contributed by atoms with Crippen LogP contribution in [-0.4, -0.2) is 52.9 Å². The topological polar surface area (TPSA) is 102 Å². The van der Waals surface area contributed by atoms with Crippen molar-refractivity contribution in [1.29, 1.82) is 0 Å². The minimum atomic E-state index is -0.911. The number of carbonyl (C=O) groups excluding carboxylic acids is 2. The number of likely N-dealkylation sites (N-methyl/N-ethyl adjacent to an activating group) is 1. The minimum Gasteiger partial charge on any atom is -0.378 e. The van der Waals surface area contributed by atoms with Crippen molar-refractivity contribution in [2.75, 3.05) is 13.6 Å². The Bertz CT molecular complexity index is 693. The van der Waals surface area contributed by atoms with E-state index in [1.54, 1.807) is 12.5 Å². The number of hydrogen-bond acceptors (Lipinski definition) is 5. The van der Waals surface area contributed by atoms with Crippen LogP contribution in [0.4, 0.5) is 0 Å². The van der Waals surface area contributed by atoms with Crippen LogP contribution in [0.25, 0.3) is 0 Å². The quantitative estimate of drug-likeness (QED) is 0.392. The summed E-state index contributed by atoms with van der Waals surface area (Å²) in [6, 6.07) is 9.25. The number of likely N-dealkylation sites (tertiary alicyclic amines) is 1. The first-order valence-corrected chi connectivity index (χ1v) is 10.6. The van der Waals surface area contributed by atoms with Gasteiger partial charge in [-0.2, -0.15) is 0 Å². The highest BCUT2D eigenvalue weighted by atomic mass is 16.5.